The number of para-hydroxylation sites is 1. The van der Waals surface area contributed by atoms with Crippen LogP contribution in [0.15, 0.2) is 66.7 Å². The molecule has 0 aliphatic carbocycles. The van der Waals surface area contributed by atoms with E-state index in [1.165, 1.54) is 0 Å². The minimum absolute atomic E-state index is 0.0794. The molecule has 3 aromatic rings. The number of anilines is 1. The molecule has 1 heterocycles. The Hall–Kier alpha value is -3.44. The first kappa shape index (κ1) is 19.3. The Kier molecular flexibility index (Phi) is 6.19. The van der Waals surface area contributed by atoms with Crippen molar-refractivity contribution in [1.82, 2.24) is 9.97 Å². The highest BCUT2D eigenvalue weighted by Gasteiger charge is 2.15. The predicted octanol–water partition coefficient (Wildman–Crippen LogP) is 3.98. The highest BCUT2D eigenvalue weighted by Crippen LogP contribution is 2.26. The van der Waals surface area contributed by atoms with Gasteiger partial charge in [-0.1, -0.05) is 48.5 Å². The molecule has 0 atom stereocenters. The molecule has 0 bridgehead atoms. The van der Waals surface area contributed by atoms with Crippen molar-refractivity contribution in [3.63, 3.8) is 0 Å². The second kappa shape index (κ2) is 8.97. The van der Waals surface area contributed by atoms with Crippen LogP contribution < -0.4 is 9.46 Å². The highest BCUT2D eigenvalue weighted by molar-refractivity contribution is 7.92. The first-order valence-electron chi connectivity index (χ1n) is 8.60. The molecule has 3 rings (SSSR count). The minimum atomic E-state index is -3.68. The summed E-state index contributed by atoms with van der Waals surface area (Å²) in [5.41, 5.74) is 1.32. The van der Waals surface area contributed by atoms with Crippen molar-refractivity contribution in [2.75, 3.05) is 10.5 Å². The van der Waals surface area contributed by atoms with Crippen LogP contribution >= 0.6 is 0 Å². The lowest BCUT2D eigenvalue weighted by molar-refractivity contribution is 0.463. The predicted molar refractivity (Wildman–Crippen MR) is 106 cm³/mol. The lowest BCUT2D eigenvalue weighted by atomic mass is 10.1. The highest BCUT2D eigenvalue weighted by atomic mass is 32.2. The number of rotatable bonds is 8. The quantitative estimate of drug-likeness (QED) is 0.579. The van der Waals surface area contributed by atoms with Gasteiger partial charge in [0.05, 0.1) is 17.5 Å². The first-order chi connectivity index (χ1) is 13.6. The normalized spacial score (nSPS) is 10.8. The monoisotopic (exact) mass is 394 g/mol. The van der Waals surface area contributed by atoms with Crippen LogP contribution in [0, 0.1) is 11.3 Å². The summed E-state index contributed by atoms with van der Waals surface area (Å²) in [6.07, 6.45) is 0.395. The van der Waals surface area contributed by atoms with Crippen LogP contribution in [0.3, 0.4) is 0 Å². The van der Waals surface area contributed by atoms with E-state index in [0.29, 0.717) is 11.4 Å². The van der Waals surface area contributed by atoms with E-state index in [1.807, 2.05) is 54.6 Å². The fourth-order valence-electron chi connectivity index (χ4n) is 2.42. The Balaban J connectivity index is 1.92. The van der Waals surface area contributed by atoms with Crippen molar-refractivity contribution >= 4 is 16.0 Å². The van der Waals surface area contributed by atoms with Crippen LogP contribution in [0.25, 0.3) is 11.3 Å². The molecular weight excluding hydrogens is 376 g/mol. The van der Waals surface area contributed by atoms with Crippen molar-refractivity contribution in [3.05, 3.63) is 66.7 Å². The molecule has 0 radical (unpaired) electrons. The van der Waals surface area contributed by atoms with Gasteiger partial charge < -0.3 is 4.74 Å². The standard InChI is InChI=1S/C20H18N4O3S/c21-13-7-8-14-28(25,26)24-20-22-18(16-9-3-1-4-10-16)15-19(23-20)27-17-11-5-2-6-12-17/h1-6,9-12,15H,7-8,14H2,(H,22,23,24). The third kappa shape index (κ3) is 5.53. The number of nitriles is 1. The summed E-state index contributed by atoms with van der Waals surface area (Å²) in [4.78, 5) is 8.49. The summed E-state index contributed by atoms with van der Waals surface area (Å²) in [6.45, 7) is 0. The number of nitrogens with zero attached hydrogens (tertiary/aromatic N) is 3. The Bertz CT molecular complexity index is 1070. The number of unbranched alkanes of at least 4 members (excludes halogenated alkanes) is 1. The second-order valence-corrected chi connectivity index (χ2v) is 7.72. The Morgan fingerprint density at radius 1 is 1.00 bits per heavy atom. The van der Waals surface area contributed by atoms with Gasteiger partial charge in [0, 0.05) is 18.1 Å². The van der Waals surface area contributed by atoms with Crippen molar-refractivity contribution < 1.29 is 13.2 Å². The van der Waals surface area contributed by atoms with Crippen LogP contribution in [0.2, 0.25) is 0 Å². The Morgan fingerprint density at radius 3 is 2.36 bits per heavy atom. The van der Waals surface area contributed by atoms with Crippen LogP contribution in [0.5, 0.6) is 11.6 Å². The SMILES string of the molecule is N#CCCCS(=O)(=O)Nc1nc(Oc2ccccc2)cc(-c2ccccc2)n1. The van der Waals surface area contributed by atoms with Crippen LogP contribution in [0.1, 0.15) is 12.8 Å². The van der Waals surface area contributed by atoms with E-state index in [1.54, 1.807) is 18.2 Å². The van der Waals surface area contributed by atoms with E-state index in [9.17, 15) is 8.42 Å². The molecule has 0 amide bonds. The van der Waals surface area contributed by atoms with Crippen molar-refractivity contribution in [2.24, 2.45) is 0 Å². The van der Waals surface area contributed by atoms with Gasteiger partial charge in [0.15, 0.2) is 0 Å². The third-order valence-electron chi connectivity index (χ3n) is 3.69. The van der Waals surface area contributed by atoms with Crippen molar-refractivity contribution in [3.8, 4) is 29.0 Å². The summed E-state index contributed by atoms with van der Waals surface area (Å²) >= 11 is 0. The van der Waals surface area contributed by atoms with Gasteiger partial charge in [0.25, 0.3) is 0 Å². The average Bonchev–Trinajstić information content (AvgIpc) is 2.69. The van der Waals surface area contributed by atoms with E-state index in [4.69, 9.17) is 10.00 Å². The molecule has 1 aromatic heterocycles. The minimum Gasteiger partial charge on any atom is -0.439 e. The zero-order valence-electron chi connectivity index (χ0n) is 14.9. The summed E-state index contributed by atoms with van der Waals surface area (Å²) in [5.74, 6) is 0.524. The van der Waals surface area contributed by atoms with Gasteiger partial charge in [-0.05, 0) is 18.6 Å². The number of benzene rings is 2. The molecule has 2 aromatic carbocycles. The van der Waals surface area contributed by atoms with E-state index < -0.39 is 10.0 Å². The van der Waals surface area contributed by atoms with E-state index >= 15 is 0 Å². The van der Waals surface area contributed by atoms with Gasteiger partial charge in [0.2, 0.25) is 21.9 Å². The number of ether oxygens (including phenoxy) is 1. The summed E-state index contributed by atoms with van der Waals surface area (Å²) < 4.78 is 32.6. The number of hydrogen-bond donors (Lipinski definition) is 1. The Morgan fingerprint density at radius 2 is 1.68 bits per heavy atom. The number of nitrogens with one attached hydrogen (secondary N) is 1. The maximum atomic E-state index is 12.3. The summed E-state index contributed by atoms with van der Waals surface area (Å²) in [7, 11) is -3.68. The number of aromatic nitrogens is 2. The smallest absolute Gasteiger partial charge is 0.240 e. The van der Waals surface area contributed by atoms with Gasteiger partial charge in [-0.15, -0.1) is 0 Å². The fourth-order valence-corrected chi connectivity index (χ4v) is 3.42. The van der Waals surface area contributed by atoms with Gasteiger partial charge >= 0.3 is 0 Å². The Labute approximate surface area is 163 Å². The van der Waals surface area contributed by atoms with E-state index in [-0.39, 0.29) is 30.4 Å². The molecule has 1 N–H and O–H groups in total. The van der Waals surface area contributed by atoms with Crippen molar-refractivity contribution in [2.45, 2.75) is 12.8 Å². The topological polar surface area (TPSA) is 105 Å². The maximum absolute atomic E-state index is 12.3. The molecule has 142 valence electrons. The molecule has 0 aliphatic heterocycles. The van der Waals surface area contributed by atoms with E-state index in [0.717, 1.165) is 5.56 Å². The number of sulfonamides is 1. The average molecular weight is 394 g/mol. The third-order valence-corrected chi connectivity index (χ3v) is 5.01. The molecule has 0 spiro atoms. The lowest BCUT2D eigenvalue weighted by Gasteiger charge is -2.11. The zero-order valence-corrected chi connectivity index (χ0v) is 15.8. The maximum Gasteiger partial charge on any atom is 0.240 e. The van der Waals surface area contributed by atoms with Crippen LogP contribution in [-0.2, 0) is 10.0 Å². The van der Waals surface area contributed by atoms with Gasteiger partial charge in [-0.3, -0.25) is 4.72 Å². The molecule has 0 unspecified atom stereocenters. The molecule has 7 nitrogen and oxygen atoms in total. The fraction of sp³-hybridized carbons (Fsp3) is 0.150. The molecule has 0 saturated carbocycles. The van der Waals surface area contributed by atoms with Gasteiger partial charge in [-0.25, -0.2) is 13.4 Å². The molecule has 8 heteroatoms. The molecule has 0 fully saturated rings. The summed E-state index contributed by atoms with van der Waals surface area (Å²) in [6, 6.07) is 22.0. The van der Waals surface area contributed by atoms with Crippen LogP contribution in [0.4, 0.5) is 5.95 Å². The molecular formula is C20H18N4O3S. The molecule has 0 saturated heterocycles. The molecule has 0 aliphatic rings. The molecule has 28 heavy (non-hydrogen) atoms. The first-order valence-corrected chi connectivity index (χ1v) is 10.3. The zero-order chi connectivity index (χ0) is 19.8. The van der Waals surface area contributed by atoms with Gasteiger partial charge in [0.1, 0.15) is 5.75 Å². The lowest BCUT2D eigenvalue weighted by Crippen LogP contribution is -2.18. The summed E-state index contributed by atoms with van der Waals surface area (Å²) in [5, 5.41) is 8.59. The van der Waals surface area contributed by atoms with Gasteiger partial charge in [-0.2, -0.15) is 10.2 Å². The number of hydrogen-bond acceptors (Lipinski definition) is 6. The van der Waals surface area contributed by atoms with Crippen LogP contribution in [-0.4, -0.2) is 24.1 Å². The second-order valence-electron chi connectivity index (χ2n) is 5.88. The largest absolute Gasteiger partial charge is 0.439 e. The van der Waals surface area contributed by atoms with E-state index in [2.05, 4.69) is 14.7 Å². The van der Waals surface area contributed by atoms with Crippen molar-refractivity contribution in [1.29, 1.82) is 5.26 Å².